The zero-order chi connectivity index (χ0) is 19.7. The van der Waals surface area contributed by atoms with Crippen LogP contribution >= 0.6 is 23.4 Å². The molecule has 0 fully saturated rings. The molecule has 0 bridgehead atoms. The van der Waals surface area contributed by atoms with Gasteiger partial charge in [0.2, 0.25) is 10.0 Å². The van der Waals surface area contributed by atoms with Gasteiger partial charge in [-0.2, -0.15) is 0 Å². The number of rotatable bonds is 5. The molecule has 9 heteroatoms. The van der Waals surface area contributed by atoms with E-state index in [2.05, 4.69) is 9.71 Å². The fraction of sp³-hybridized carbons (Fsp3) is 0.263. The highest BCUT2D eigenvalue weighted by atomic mass is 35.5. The zero-order valence-corrected chi connectivity index (χ0v) is 17.2. The van der Waals surface area contributed by atoms with E-state index in [-0.39, 0.29) is 23.9 Å². The van der Waals surface area contributed by atoms with Crippen molar-refractivity contribution in [1.82, 2.24) is 14.3 Å². The molecule has 146 valence electrons. The molecule has 3 aromatic rings. The monoisotopic (exact) mass is 435 g/mol. The minimum atomic E-state index is -3.59. The number of para-hydroxylation sites is 1. The van der Waals surface area contributed by atoms with Crippen LogP contribution in [0.5, 0.6) is 0 Å². The van der Waals surface area contributed by atoms with Gasteiger partial charge in [0, 0.05) is 22.5 Å². The van der Waals surface area contributed by atoms with E-state index in [0.717, 1.165) is 16.2 Å². The van der Waals surface area contributed by atoms with Crippen molar-refractivity contribution in [3.05, 3.63) is 69.7 Å². The highest BCUT2D eigenvalue weighted by Gasteiger charge is 2.25. The highest BCUT2D eigenvalue weighted by Crippen LogP contribution is 2.37. The Balaban J connectivity index is 1.51. The minimum absolute atomic E-state index is 0.0376. The Bertz CT molecular complexity index is 1190. The molecule has 1 atom stereocenters. The number of sulfonamides is 1. The number of nitrogens with one attached hydrogen (secondary N) is 1. The molecule has 4 rings (SSSR count). The van der Waals surface area contributed by atoms with Gasteiger partial charge < -0.3 is 0 Å². The molecule has 6 nitrogen and oxygen atoms in total. The Labute approximate surface area is 172 Å². The van der Waals surface area contributed by atoms with Crippen molar-refractivity contribution in [1.29, 1.82) is 0 Å². The Kier molecular flexibility index (Phi) is 5.46. The van der Waals surface area contributed by atoms with Gasteiger partial charge in [-0.15, -0.1) is 11.8 Å². The zero-order valence-electron chi connectivity index (χ0n) is 14.8. The van der Waals surface area contributed by atoms with Gasteiger partial charge in [-0.05, 0) is 48.1 Å². The van der Waals surface area contributed by atoms with E-state index in [1.54, 1.807) is 36.0 Å². The summed E-state index contributed by atoms with van der Waals surface area (Å²) in [6, 6.07) is 12.2. The standard InChI is InChI=1S/C19H18ClN3O3S2/c20-13-5-6-18-15(11-13)17(7-9-27-18)22-28(25,26)10-8-23-12-21-16-4-2-1-3-14(16)19(23)24/h1-6,11-12,17,22H,7-10H2/t17-/m0/s1. The van der Waals surface area contributed by atoms with E-state index in [1.807, 2.05) is 18.2 Å². The van der Waals surface area contributed by atoms with Gasteiger partial charge in [0.15, 0.2) is 0 Å². The predicted molar refractivity (Wildman–Crippen MR) is 112 cm³/mol. The van der Waals surface area contributed by atoms with Gasteiger partial charge in [-0.1, -0.05) is 23.7 Å². The summed E-state index contributed by atoms with van der Waals surface area (Å²) in [4.78, 5) is 17.8. The first kappa shape index (κ1) is 19.4. The van der Waals surface area contributed by atoms with Gasteiger partial charge in [0.1, 0.15) is 0 Å². The maximum atomic E-state index is 12.7. The number of thioether (sulfide) groups is 1. The van der Waals surface area contributed by atoms with E-state index < -0.39 is 10.0 Å². The summed E-state index contributed by atoms with van der Waals surface area (Å²) in [6.45, 7) is 0.0376. The van der Waals surface area contributed by atoms with Crippen molar-refractivity contribution >= 4 is 44.3 Å². The van der Waals surface area contributed by atoms with Gasteiger partial charge >= 0.3 is 0 Å². The summed E-state index contributed by atoms with van der Waals surface area (Å²) in [5.41, 5.74) is 1.25. The molecule has 0 saturated heterocycles. The maximum absolute atomic E-state index is 12.7. The van der Waals surface area contributed by atoms with E-state index in [9.17, 15) is 13.2 Å². The number of hydrogen-bond acceptors (Lipinski definition) is 5. The first-order chi connectivity index (χ1) is 13.4. The molecular weight excluding hydrogens is 418 g/mol. The maximum Gasteiger partial charge on any atom is 0.261 e. The summed E-state index contributed by atoms with van der Waals surface area (Å²) in [5, 5.41) is 1.06. The Hall–Kier alpha value is -1.87. The largest absolute Gasteiger partial charge is 0.298 e. The van der Waals surface area contributed by atoms with Crippen LogP contribution in [0.1, 0.15) is 18.0 Å². The number of aryl methyl sites for hydroxylation is 1. The molecule has 1 N–H and O–H groups in total. The molecule has 28 heavy (non-hydrogen) atoms. The number of benzene rings is 2. The van der Waals surface area contributed by atoms with Crippen LogP contribution in [0.15, 0.2) is 58.5 Å². The summed E-state index contributed by atoms with van der Waals surface area (Å²) >= 11 is 7.78. The topological polar surface area (TPSA) is 81.1 Å². The van der Waals surface area contributed by atoms with Gasteiger partial charge in [-0.3, -0.25) is 9.36 Å². The number of nitrogens with zero attached hydrogens (tertiary/aromatic N) is 2. The summed E-state index contributed by atoms with van der Waals surface area (Å²) < 4.78 is 29.4. The Morgan fingerprint density at radius 1 is 1.25 bits per heavy atom. The molecule has 2 heterocycles. The third-order valence-electron chi connectivity index (χ3n) is 4.67. The summed E-state index contributed by atoms with van der Waals surface area (Å²) in [6.07, 6.45) is 2.08. The van der Waals surface area contributed by atoms with Crippen molar-refractivity contribution in [2.45, 2.75) is 23.9 Å². The van der Waals surface area contributed by atoms with Crippen molar-refractivity contribution in [2.24, 2.45) is 0 Å². The first-order valence-corrected chi connectivity index (χ1v) is 11.8. The lowest BCUT2D eigenvalue weighted by atomic mass is 10.1. The molecule has 0 spiro atoms. The van der Waals surface area contributed by atoms with Crippen molar-refractivity contribution in [3.8, 4) is 0 Å². The molecule has 0 radical (unpaired) electrons. The third kappa shape index (κ3) is 4.10. The van der Waals surface area contributed by atoms with Crippen LogP contribution in [-0.4, -0.2) is 29.5 Å². The third-order valence-corrected chi connectivity index (χ3v) is 7.39. The average molecular weight is 436 g/mol. The number of aromatic nitrogens is 2. The average Bonchev–Trinajstić information content (AvgIpc) is 2.68. The van der Waals surface area contributed by atoms with Crippen LogP contribution in [0, 0.1) is 0 Å². The Morgan fingerprint density at radius 3 is 2.93 bits per heavy atom. The van der Waals surface area contributed by atoms with Crippen LogP contribution in [-0.2, 0) is 16.6 Å². The molecular formula is C19H18ClN3O3S2. The molecule has 0 unspecified atom stereocenters. The number of fused-ring (bicyclic) bond motifs is 2. The molecule has 2 aromatic carbocycles. The second kappa shape index (κ2) is 7.87. The SMILES string of the molecule is O=c1c2ccccc2ncn1CCS(=O)(=O)N[C@H]1CCSc2ccc(Cl)cc21. The fourth-order valence-corrected chi connectivity index (χ4v) is 5.77. The Morgan fingerprint density at radius 2 is 2.07 bits per heavy atom. The number of hydrogen-bond donors (Lipinski definition) is 1. The molecule has 0 saturated carbocycles. The second-order valence-corrected chi connectivity index (χ2v) is 10.0. The molecule has 1 aromatic heterocycles. The van der Waals surface area contributed by atoms with Gasteiger partial charge in [0.05, 0.1) is 23.0 Å². The second-order valence-electron chi connectivity index (χ2n) is 6.57. The summed E-state index contributed by atoms with van der Waals surface area (Å²) in [5.74, 6) is 0.627. The lowest BCUT2D eigenvalue weighted by Crippen LogP contribution is -2.35. The molecule has 0 amide bonds. The van der Waals surface area contributed by atoms with Crippen LogP contribution < -0.4 is 10.3 Å². The van der Waals surface area contributed by atoms with E-state index in [4.69, 9.17) is 11.6 Å². The van der Waals surface area contributed by atoms with Crippen molar-refractivity contribution in [3.63, 3.8) is 0 Å². The van der Waals surface area contributed by atoms with E-state index >= 15 is 0 Å². The van der Waals surface area contributed by atoms with E-state index in [0.29, 0.717) is 22.3 Å². The van der Waals surface area contributed by atoms with Crippen molar-refractivity contribution in [2.75, 3.05) is 11.5 Å². The predicted octanol–water partition coefficient (Wildman–Crippen LogP) is 3.21. The van der Waals surface area contributed by atoms with Gasteiger partial charge in [0.25, 0.3) is 5.56 Å². The minimum Gasteiger partial charge on any atom is -0.298 e. The fourth-order valence-electron chi connectivity index (χ4n) is 3.25. The molecule has 1 aliphatic rings. The van der Waals surface area contributed by atoms with Crippen molar-refractivity contribution < 1.29 is 8.42 Å². The highest BCUT2D eigenvalue weighted by molar-refractivity contribution is 7.99. The molecule has 1 aliphatic heterocycles. The lowest BCUT2D eigenvalue weighted by Gasteiger charge is -2.26. The number of halogens is 1. The van der Waals surface area contributed by atoms with Crippen LogP contribution in [0.3, 0.4) is 0 Å². The van der Waals surface area contributed by atoms with Crippen LogP contribution in [0.25, 0.3) is 10.9 Å². The van der Waals surface area contributed by atoms with E-state index in [1.165, 1.54) is 10.9 Å². The quantitative estimate of drug-likeness (QED) is 0.665. The van der Waals surface area contributed by atoms with Crippen LogP contribution in [0.4, 0.5) is 0 Å². The normalized spacial score (nSPS) is 16.8. The smallest absolute Gasteiger partial charge is 0.261 e. The molecule has 0 aliphatic carbocycles. The summed E-state index contributed by atoms with van der Waals surface area (Å²) in [7, 11) is -3.59. The van der Waals surface area contributed by atoms with Crippen LogP contribution in [0.2, 0.25) is 5.02 Å². The first-order valence-electron chi connectivity index (χ1n) is 8.79. The van der Waals surface area contributed by atoms with Gasteiger partial charge in [-0.25, -0.2) is 18.1 Å². The lowest BCUT2D eigenvalue weighted by molar-refractivity contribution is 0.540.